The van der Waals surface area contributed by atoms with Gasteiger partial charge in [0.05, 0.1) is 24.6 Å². The molecule has 1 aromatic heterocycles. The summed E-state index contributed by atoms with van der Waals surface area (Å²) in [6, 6.07) is 3.86. The summed E-state index contributed by atoms with van der Waals surface area (Å²) in [5.74, 6) is -1.44. The Hall–Kier alpha value is -3.18. The van der Waals surface area contributed by atoms with Crippen LogP contribution in [-0.4, -0.2) is 66.1 Å². The van der Waals surface area contributed by atoms with Gasteiger partial charge < -0.3 is 15.4 Å². The molecule has 1 aromatic carbocycles. The minimum Gasteiger partial charge on any atom is -0.463 e. The maximum atomic E-state index is 15.6. The van der Waals surface area contributed by atoms with E-state index in [9.17, 15) is 14.0 Å². The Morgan fingerprint density at radius 1 is 1.39 bits per heavy atom. The van der Waals surface area contributed by atoms with Gasteiger partial charge in [0.1, 0.15) is 11.9 Å². The second kappa shape index (κ2) is 9.70. The van der Waals surface area contributed by atoms with Gasteiger partial charge in [0, 0.05) is 30.4 Å². The summed E-state index contributed by atoms with van der Waals surface area (Å²) in [4.78, 5) is 36.3. The Morgan fingerprint density at radius 2 is 2.22 bits per heavy atom. The topological polar surface area (TPSA) is 95.9 Å². The molecule has 4 heterocycles. The van der Waals surface area contributed by atoms with Crippen LogP contribution in [0.25, 0.3) is 0 Å². The second-order valence-electron chi connectivity index (χ2n) is 9.21. The number of piperidine rings is 1. The van der Waals surface area contributed by atoms with Gasteiger partial charge >= 0.3 is 5.97 Å². The van der Waals surface area contributed by atoms with E-state index in [4.69, 9.17) is 9.73 Å². The van der Waals surface area contributed by atoms with E-state index in [0.29, 0.717) is 40.6 Å². The van der Waals surface area contributed by atoms with Gasteiger partial charge in [-0.3, -0.25) is 14.7 Å². The number of nitrogens with zero attached hydrogens (tertiary/aromatic N) is 3. The predicted molar refractivity (Wildman–Crippen MR) is 131 cm³/mol. The van der Waals surface area contributed by atoms with Crippen LogP contribution in [0.15, 0.2) is 46.0 Å². The number of benzene rings is 1. The number of nitrogens with one attached hydrogen (secondary N) is 2. The van der Waals surface area contributed by atoms with Crippen LogP contribution in [0, 0.1) is 18.7 Å². The molecule has 3 aliphatic rings. The number of alkyl halides is 1. The van der Waals surface area contributed by atoms with E-state index in [-0.39, 0.29) is 37.7 Å². The maximum absolute atomic E-state index is 15.6. The fraction of sp³-hybridized carbons (Fsp3) is 0.440. The summed E-state index contributed by atoms with van der Waals surface area (Å²) < 4.78 is 35.6. The number of esters is 1. The van der Waals surface area contributed by atoms with E-state index in [1.807, 2.05) is 10.3 Å². The zero-order valence-electron chi connectivity index (χ0n) is 20.0. The molecule has 190 valence electrons. The van der Waals surface area contributed by atoms with Crippen molar-refractivity contribution < 1.29 is 23.1 Å². The van der Waals surface area contributed by atoms with E-state index in [0.717, 1.165) is 0 Å². The molecule has 0 radical (unpaired) electrons. The number of amidine groups is 1. The molecule has 3 atom stereocenters. The molecule has 0 unspecified atom stereocenters. The van der Waals surface area contributed by atoms with Crippen molar-refractivity contribution in [2.24, 2.45) is 10.9 Å². The molecule has 1 amide bonds. The average Bonchev–Trinajstić information content (AvgIpc) is 3.49. The van der Waals surface area contributed by atoms with Crippen LogP contribution in [0.4, 0.5) is 8.78 Å². The van der Waals surface area contributed by atoms with Crippen molar-refractivity contribution in [3.05, 3.63) is 63.0 Å². The van der Waals surface area contributed by atoms with Crippen LogP contribution >= 0.6 is 11.3 Å². The van der Waals surface area contributed by atoms with Gasteiger partial charge in [-0.05, 0) is 44.0 Å². The fourth-order valence-electron chi connectivity index (χ4n) is 5.16. The fourth-order valence-corrected chi connectivity index (χ4v) is 5.74. The lowest BCUT2D eigenvalue weighted by atomic mass is 9.85. The van der Waals surface area contributed by atoms with Crippen molar-refractivity contribution in [3.63, 3.8) is 0 Å². The van der Waals surface area contributed by atoms with Crippen molar-refractivity contribution in [2.45, 2.75) is 32.0 Å². The normalized spacial score (nSPS) is 26.2. The summed E-state index contributed by atoms with van der Waals surface area (Å²) in [7, 11) is 0. The van der Waals surface area contributed by atoms with Crippen molar-refractivity contribution in [1.82, 2.24) is 20.5 Å². The predicted octanol–water partition coefficient (Wildman–Crippen LogP) is 2.66. The smallest absolute Gasteiger partial charge is 0.338 e. The lowest BCUT2D eigenvalue weighted by Crippen LogP contribution is -2.53. The maximum Gasteiger partial charge on any atom is 0.338 e. The van der Waals surface area contributed by atoms with Crippen LogP contribution in [0.1, 0.15) is 35.5 Å². The number of halogens is 2. The number of hydrogen-bond donors (Lipinski definition) is 2. The molecule has 2 aromatic rings. The van der Waals surface area contributed by atoms with Gasteiger partial charge in [-0.15, -0.1) is 11.3 Å². The van der Waals surface area contributed by atoms with E-state index >= 15 is 4.39 Å². The molecule has 2 saturated heterocycles. The number of carbonyl (C=O) groups excluding carboxylic acids is 2. The number of ether oxygens (including phenoxy) is 1. The summed E-state index contributed by atoms with van der Waals surface area (Å²) in [6.45, 7) is 4.22. The summed E-state index contributed by atoms with van der Waals surface area (Å²) in [5, 5.41) is 8.30. The third-order valence-corrected chi connectivity index (χ3v) is 7.74. The lowest BCUT2D eigenvalue weighted by Gasteiger charge is -2.39. The third-order valence-electron chi connectivity index (χ3n) is 6.96. The molecule has 5 rings (SSSR count). The zero-order valence-corrected chi connectivity index (χ0v) is 20.8. The summed E-state index contributed by atoms with van der Waals surface area (Å²) in [6.07, 6.45) is 2.03. The third kappa shape index (κ3) is 4.41. The molecule has 0 aliphatic carbocycles. The van der Waals surface area contributed by atoms with Gasteiger partial charge in [-0.1, -0.05) is 12.1 Å². The van der Waals surface area contributed by atoms with Crippen LogP contribution in [0.3, 0.4) is 0 Å². The highest BCUT2D eigenvalue weighted by Crippen LogP contribution is 2.38. The lowest BCUT2D eigenvalue weighted by molar-refractivity contribution is -0.139. The number of aromatic nitrogens is 1. The molecule has 36 heavy (non-hydrogen) atoms. The molecule has 11 heteroatoms. The van der Waals surface area contributed by atoms with Crippen molar-refractivity contribution in [3.8, 4) is 0 Å². The Kier molecular flexibility index (Phi) is 6.60. The van der Waals surface area contributed by atoms with Crippen molar-refractivity contribution in [1.29, 1.82) is 0 Å². The van der Waals surface area contributed by atoms with Gasteiger partial charge in [0.25, 0.3) is 0 Å². The second-order valence-corrected chi connectivity index (χ2v) is 10.1. The number of fused-ring (bicyclic) bond motifs is 1. The minimum atomic E-state index is -1.67. The van der Waals surface area contributed by atoms with E-state index < -0.39 is 29.4 Å². The van der Waals surface area contributed by atoms with E-state index in [1.54, 1.807) is 32.2 Å². The highest BCUT2D eigenvalue weighted by atomic mass is 32.1. The molecule has 0 spiro atoms. The molecular weight excluding hydrogens is 488 g/mol. The van der Waals surface area contributed by atoms with Gasteiger partial charge in [-0.2, -0.15) is 0 Å². The van der Waals surface area contributed by atoms with Crippen molar-refractivity contribution in [2.75, 3.05) is 32.8 Å². The molecule has 3 aliphatic heterocycles. The Morgan fingerprint density at radius 3 is 2.97 bits per heavy atom. The number of aliphatic imine (C=N–C) groups is 1. The first-order valence-electron chi connectivity index (χ1n) is 11.9. The van der Waals surface area contributed by atoms with Crippen molar-refractivity contribution >= 4 is 29.0 Å². The Labute approximate surface area is 211 Å². The van der Waals surface area contributed by atoms with E-state index in [1.165, 1.54) is 17.4 Å². The van der Waals surface area contributed by atoms with Crippen LogP contribution in [-0.2, 0) is 14.3 Å². The first kappa shape index (κ1) is 24.5. The first-order valence-corrected chi connectivity index (χ1v) is 12.8. The minimum absolute atomic E-state index is 0.0266. The summed E-state index contributed by atoms with van der Waals surface area (Å²) in [5.41, 5.74) is 0.00626. The van der Waals surface area contributed by atoms with Gasteiger partial charge in [0.2, 0.25) is 5.91 Å². The highest BCUT2D eigenvalue weighted by Gasteiger charge is 2.52. The molecule has 8 nitrogen and oxygen atoms in total. The number of amides is 1. The quantitative estimate of drug-likeness (QED) is 0.575. The molecule has 0 saturated carbocycles. The average molecular weight is 516 g/mol. The summed E-state index contributed by atoms with van der Waals surface area (Å²) >= 11 is 1.38. The zero-order chi connectivity index (χ0) is 25.4. The Balaban J connectivity index is 1.56. The molecular formula is C25H27F2N5O3S. The number of carbonyl (C=O) groups is 2. The highest BCUT2D eigenvalue weighted by molar-refractivity contribution is 7.11. The first-order chi connectivity index (χ1) is 17.3. The number of rotatable bonds is 6. The number of hydrogen-bond acceptors (Lipinski definition) is 8. The molecule has 0 bridgehead atoms. The number of thiazole rings is 1. The monoisotopic (exact) mass is 515 g/mol. The van der Waals surface area contributed by atoms with Gasteiger partial charge in [0.15, 0.2) is 16.5 Å². The molecule has 2 fully saturated rings. The molecule has 2 N–H and O–H groups in total. The van der Waals surface area contributed by atoms with Crippen LogP contribution < -0.4 is 10.6 Å². The van der Waals surface area contributed by atoms with Crippen LogP contribution in [0.5, 0.6) is 0 Å². The number of likely N-dealkylation sites (tertiary alicyclic amines) is 1. The SMILES string of the molecule is CCOC(=O)C1=C(CN2CC[C@@H]3C(=O)NC[C@]3(F)C2)NC(c2nccs2)=N[C@H]1c1cccc(F)c1C. The van der Waals surface area contributed by atoms with E-state index in [2.05, 4.69) is 15.6 Å². The standard InChI is InChI=1S/C25H27F2N5O3S/c1-3-35-24(34)19-18(11-32-9-7-16-22(33)29-12-25(16,27)13-32)30-21(23-28-8-10-36-23)31-20(19)15-5-4-6-17(26)14(15)2/h4-6,8,10,16,20H,3,7,9,11-13H2,1-2H3,(H,29,33)(H,30,31)/t16-,20+,25+/m1/s1. The van der Waals surface area contributed by atoms with Crippen LogP contribution in [0.2, 0.25) is 0 Å². The Bertz CT molecular complexity index is 1250. The largest absolute Gasteiger partial charge is 0.463 e. The van der Waals surface area contributed by atoms with Gasteiger partial charge in [-0.25, -0.2) is 18.6 Å².